The third kappa shape index (κ3) is 8.75. The van der Waals surface area contributed by atoms with Gasteiger partial charge in [0.15, 0.2) is 0 Å². The molecule has 0 saturated heterocycles. The molecule has 0 unspecified atom stereocenters. The van der Waals surface area contributed by atoms with Gasteiger partial charge >= 0.3 is 5.97 Å². The molecule has 1 saturated carbocycles. The fourth-order valence-electron chi connectivity index (χ4n) is 5.03. The number of nitrogens with zero attached hydrogens (tertiary/aromatic N) is 2. The molecule has 2 rings (SSSR count). The molecule has 190 valence electrons. The molecule has 0 atom stereocenters. The molecule has 0 aliphatic heterocycles. The Hall–Kier alpha value is -2.41. The van der Waals surface area contributed by atoms with Crippen molar-refractivity contribution in [3.05, 3.63) is 35.9 Å². The third-order valence-corrected chi connectivity index (χ3v) is 6.86. The number of hydrogen-bond donors (Lipinski definition) is 1. The maximum Gasteiger partial charge on any atom is 0.303 e. The van der Waals surface area contributed by atoms with E-state index >= 15 is 0 Å². The van der Waals surface area contributed by atoms with Crippen molar-refractivity contribution in [2.24, 2.45) is 0 Å². The Bertz CT molecular complexity index is 814. The maximum atomic E-state index is 12.5. The average Bonchev–Trinajstić information content (AvgIpc) is 2.74. The standard InChI is InChI=1S/C27H43N3O4/c1-21(31)34-26(2,3)20-30(6)25(33)14-10-13-24(32)28-23-15-17-27(18-16-23,29(4)5)19-22-11-8-7-9-12-22/h7-9,11-12,23H,10,13-20H2,1-6H3,(H,28,32). The lowest BCUT2D eigenvalue weighted by molar-refractivity contribution is -0.157. The zero-order valence-corrected chi connectivity index (χ0v) is 21.9. The number of benzene rings is 1. The number of nitrogens with one attached hydrogen (secondary N) is 1. The van der Waals surface area contributed by atoms with E-state index < -0.39 is 5.60 Å². The van der Waals surface area contributed by atoms with Gasteiger partial charge in [0, 0.05) is 38.4 Å². The van der Waals surface area contributed by atoms with Crippen LogP contribution in [0, 0.1) is 0 Å². The van der Waals surface area contributed by atoms with E-state index in [-0.39, 0.29) is 29.4 Å². The number of carbonyl (C=O) groups excluding carboxylic acids is 3. The van der Waals surface area contributed by atoms with Gasteiger partial charge in [-0.05, 0) is 72.0 Å². The molecule has 0 heterocycles. The second-order valence-corrected chi connectivity index (χ2v) is 10.6. The molecule has 1 aromatic rings. The predicted molar refractivity (Wildman–Crippen MR) is 134 cm³/mol. The van der Waals surface area contributed by atoms with Gasteiger partial charge in [0.05, 0.1) is 6.54 Å². The van der Waals surface area contributed by atoms with Crippen LogP contribution in [0.15, 0.2) is 30.3 Å². The van der Waals surface area contributed by atoms with Crippen molar-refractivity contribution >= 4 is 17.8 Å². The molecule has 7 heteroatoms. The van der Waals surface area contributed by atoms with Gasteiger partial charge in [0.1, 0.15) is 5.60 Å². The molecule has 1 N–H and O–H groups in total. The van der Waals surface area contributed by atoms with Gasteiger partial charge in [0.25, 0.3) is 0 Å². The molecule has 0 bridgehead atoms. The molecule has 1 aromatic carbocycles. The zero-order chi connectivity index (χ0) is 25.4. The number of rotatable bonds is 11. The summed E-state index contributed by atoms with van der Waals surface area (Å²) in [6.45, 7) is 5.23. The smallest absolute Gasteiger partial charge is 0.303 e. The summed E-state index contributed by atoms with van der Waals surface area (Å²) in [6.07, 6.45) is 6.17. The summed E-state index contributed by atoms with van der Waals surface area (Å²) in [5.41, 5.74) is 0.737. The quantitative estimate of drug-likeness (QED) is 0.497. The number of carbonyl (C=O) groups is 3. The lowest BCUT2D eigenvalue weighted by atomic mass is 9.75. The minimum atomic E-state index is -0.739. The van der Waals surface area contributed by atoms with Crippen LogP contribution >= 0.6 is 0 Å². The van der Waals surface area contributed by atoms with Gasteiger partial charge in [-0.15, -0.1) is 0 Å². The monoisotopic (exact) mass is 473 g/mol. The first-order valence-corrected chi connectivity index (χ1v) is 12.4. The van der Waals surface area contributed by atoms with Gasteiger partial charge in [-0.25, -0.2) is 0 Å². The molecule has 34 heavy (non-hydrogen) atoms. The minimum Gasteiger partial charge on any atom is -0.458 e. The molecule has 1 aliphatic rings. The molecule has 1 aliphatic carbocycles. The van der Waals surface area contributed by atoms with E-state index in [1.807, 2.05) is 6.07 Å². The summed E-state index contributed by atoms with van der Waals surface area (Å²) < 4.78 is 5.25. The lowest BCUT2D eigenvalue weighted by Crippen LogP contribution is -2.52. The highest BCUT2D eigenvalue weighted by molar-refractivity contribution is 5.79. The SMILES string of the molecule is CC(=O)OC(C)(C)CN(C)C(=O)CCCC(=O)NC1CCC(Cc2ccccc2)(N(C)C)CC1. The fraction of sp³-hybridized carbons (Fsp3) is 0.667. The predicted octanol–water partition coefficient (Wildman–Crippen LogP) is 3.56. The number of likely N-dealkylation sites (N-methyl/N-ethyl adjacent to an activating group) is 2. The van der Waals surface area contributed by atoms with Crippen LogP contribution in [0.25, 0.3) is 0 Å². The van der Waals surface area contributed by atoms with Crippen molar-refractivity contribution in [3.8, 4) is 0 Å². The highest BCUT2D eigenvalue weighted by atomic mass is 16.6. The molecular weight excluding hydrogens is 430 g/mol. The summed E-state index contributed by atoms with van der Waals surface area (Å²) in [4.78, 5) is 40.0. The first-order valence-electron chi connectivity index (χ1n) is 12.4. The molecular formula is C27H43N3O4. The normalized spacial score (nSPS) is 20.6. The summed E-state index contributed by atoms with van der Waals surface area (Å²) in [5, 5.41) is 3.18. The van der Waals surface area contributed by atoms with E-state index in [2.05, 4.69) is 48.6 Å². The van der Waals surface area contributed by atoms with Crippen LogP contribution in [-0.2, 0) is 25.5 Å². The highest BCUT2D eigenvalue weighted by Crippen LogP contribution is 2.35. The summed E-state index contributed by atoms with van der Waals surface area (Å²) in [5.74, 6) is -0.406. The molecule has 0 radical (unpaired) electrons. The van der Waals surface area contributed by atoms with Crippen LogP contribution in [-0.4, -0.2) is 72.5 Å². The van der Waals surface area contributed by atoms with Gasteiger partial charge < -0.3 is 19.9 Å². The first-order chi connectivity index (χ1) is 15.9. The van der Waals surface area contributed by atoms with E-state index in [0.29, 0.717) is 25.8 Å². The Morgan fingerprint density at radius 1 is 1.06 bits per heavy atom. The molecule has 0 spiro atoms. The van der Waals surface area contributed by atoms with Crippen LogP contribution in [0.2, 0.25) is 0 Å². The molecule has 7 nitrogen and oxygen atoms in total. The Balaban J connectivity index is 1.74. The Labute approximate surface area is 205 Å². The van der Waals surface area contributed by atoms with E-state index in [4.69, 9.17) is 4.74 Å². The Morgan fingerprint density at radius 2 is 1.68 bits per heavy atom. The van der Waals surface area contributed by atoms with Crippen LogP contribution in [0.5, 0.6) is 0 Å². The van der Waals surface area contributed by atoms with Crippen LogP contribution in [0.3, 0.4) is 0 Å². The largest absolute Gasteiger partial charge is 0.458 e. The Morgan fingerprint density at radius 3 is 2.24 bits per heavy atom. The average molecular weight is 474 g/mol. The maximum absolute atomic E-state index is 12.5. The fourth-order valence-corrected chi connectivity index (χ4v) is 5.03. The van der Waals surface area contributed by atoms with E-state index in [9.17, 15) is 14.4 Å². The topological polar surface area (TPSA) is 78.9 Å². The van der Waals surface area contributed by atoms with Gasteiger partial charge in [-0.3, -0.25) is 14.4 Å². The molecule has 1 fully saturated rings. The van der Waals surface area contributed by atoms with E-state index in [1.54, 1.807) is 25.8 Å². The summed E-state index contributed by atoms with van der Waals surface area (Å²) in [7, 11) is 6.01. The second kappa shape index (κ2) is 12.3. The van der Waals surface area contributed by atoms with E-state index in [0.717, 1.165) is 32.1 Å². The van der Waals surface area contributed by atoms with Crippen molar-refractivity contribution in [3.63, 3.8) is 0 Å². The third-order valence-electron chi connectivity index (χ3n) is 6.86. The van der Waals surface area contributed by atoms with Crippen LogP contribution < -0.4 is 5.32 Å². The van der Waals surface area contributed by atoms with Crippen molar-refractivity contribution < 1.29 is 19.1 Å². The van der Waals surface area contributed by atoms with E-state index in [1.165, 1.54) is 12.5 Å². The summed E-state index contributed by atoms with van der Waals surface area (Å²) in [6, 6.07) is 10.8. The Kier molecular flexibility index (Phi) is 10.1. The number of hydrogen-bond acceptors (Lipinski definition) is 5. The van der Waals surface area contributed by atoms with Crippen LogP contribution in [0.1, 0.15) is 71.3 Å². The number of amides is 2. The molecule has 0 aromatic heterocycles. The summed E-state index contributed by atoms with van der Waals surface area (Å²) >= 11 is 0. The first kappa shape index (κ1) is 27.8. The number of ether oxygens (including phenoxy) is 1. The highest BCUT2D eigenvalue weighted by Gasteiger charge is 2.37. The van der Waals surface area contributed by atoms with Crippen molar-refractivity contribution in [1.29, 1.82) is 0 Å². The zero-order valence-electron chi connectivity index (χ0n) is 21.9. The van der Waals surface area contributed by atoms with Crippen molar-refractivity contribution in [2.45, 2.75) is 89.3 Å². The lowest BCUT2D eigenvalue weighted by Gasteiger charge is -2.45. The van der Waals surface area contributed by atoms with Crippen molar-refractivity contribution in [1.82, 2.24) is 15.1 Å². The van der Waals surface area contributed by atoms with Gasteiger partial charge in [-0.2, -0.15) is 0 Å². The second-order valence-electron chi connectivity index (χ2n) is 10.6. The van der Waals surface area contributed by atoms with Gasteiger partial charge in [0.2, 0.25) is 11.8 Å². The van der Waals surface area contributed by atoms with Crippen molar-refractivity contribution in [2.75, 3.05) is 27.7 Å². The minimum absolute atomic E-state index is 0.0149. The van der Waals surface area contributed by atoms with Crippen LogP contribution in [0.4, 0.5) is 0 Å². The number of esters is 1. The van der Waals surface area contributed by atoms with Gasteiger partial charge in [-0.1, -0.05) is 30.3 Å². The molecule has 2 amide bonds.